The van der Waals surface area contributed by atoms with E-state index < -0.39 is 0 Å². The van der Waals surface area contributed by atoms with Gasteiger partial charge in [-0.3, -0.25) is 0 Å². The van der Waals surface area contributed by atoms with Gasteiger partial charge in [-0.05, 0) is 18.9 Å². The van der Waals surface area contributed by atoms with Crippen molar-refractivity contribution >= 4 is 11.8 Å². The molecule has 0 aromatic carbocycles. The minimum absolute atomic E-state index is 0.0241. The first kappa shape index (κ1) is 15.6. The van der Waals surface area contributed by atoms with Gasteiger partial charge in [-0.2, -0.15) is 20.1 Å². The monoisotopic (exact) mass is 340 g/mol. The number of rotatable bonds is 4. The van der Waals surface area contributed by atoms with Gasteiger partial charge in [-0.15, -0.1) is 0 Å². The third-order valence-electron chi connectivity index (χ3n) is 4.25. The van der Waals surface area contributed by atoms with Crippen molar-refractivity contribution in [3.63, 3.8) is 0 Å². The van der Waals surface area contributed by atoms with Crippen molar-refractivity contribution in [1.82, 2.24) is 29.9 Å². The molecule has 3 aromatic rings. The van der Waals surface area contributed by atoms with Gasteiger partial charge in [-0.25, -0.2) is 4.68 Å². The number of nitrogens with zero attached hydrogens (tertiary/aromatic N) is 7. The largest absolute Gasteiger partial charge is 0.368 e. The van der Waals surface area contributed by atoms with Crippen LogP contribution in [0.4, 0.5) is 11.8 Å². The summed E-state index contributed by atoms with van der Waals surface area (Å²) in [6.45, 7) is 4.92. The predicted molar refractivity (Wildman–Crippen MR) is 91.3 cm³/mol. The van der Waals surface area contributed by atoms with Crippen LogP contribution < -0.4 is 10.6 Å². The molecule has 1 unspecified atom stereocenters. The number of aromatic nitrogens is 6. The maximum absolute atomic E-state index is 5.92. The minimum atomic E-state index is 0.0241. The van der Waals surface area contributed by atoms with Gasteiger partial charge < -0.3 is 15.2 Å². The standard InChI is InChI=1S/C16H20N8O/c1-10(2)15-21-14(22-25-15)11-5-3-7-23(11)12-9-13(20-16(17)19-12)24-8-4-6-18-24/h4,6,8-11H,3,5,7H2,1-2H3,(H2,17,19,20). The first-order chi connectivity index (χ1) is 12.1. The van der Waals surface area contributed by atoms with Crippen LogP contribution in [0.15, 0.2) is 29.0 Å². The molecule has 0 radical (unpaired) electrons. The first-order valence-corrected chi connectivity index (χ1v) is 8.36. The van der Waals surface area contributed by atoms with E-state index in [0.29, 0.717) is 17.5 Å². The van der Waals surface area contributed by atoms with E-state index in [4.69, 9.17) is 10.3 Å². The van der Waals surface area contributed by atoms with Gasteiger partial charge in [0.2, 0.25) is 11.8 Å². The van der Waals surface area contributed by atoms with Gasteiger partial charge in [0.25, 0.3) is 0 Å². The summed E-state index contributed by atoms with van der Waals surface area (Å²) in [5.41, 5.74) is 5.92. The van der Waals surface area contributed by atoms with Crippen molar-refractivity contribution in [2.24, 2.45) is 0 Å². The van der Waals surface area contributed by atoms with E-state index in [1.807, 2.05) is 32.2 Å². The summed E-state index contributed by atoms with van der Waals surface area (Å²) in [4.78, 5) is 15.4. The SMILES string of the molecule is CC(C)c1nc(C2CCCN2c2cc(-n3cccn3)nc(N)n2)no1. The molecule has 9 heteroatoms. The molecule has 1 saturated heterocycles. The molecule has 0 amide bonds. The summed E-state index contributed by atoms with van der Waals surface area (Å²) < 4.78 is 7.03. The van der Waals surface area contributed by atoms with E-state index in [1.165, 1.54) is 0 Å². The number of anilines is 2. The number of nitrogen functional groups attached to an aromatic ring is 1. The van der Waals surface area contributed by atoms with Gasteiger partial charge in [0, 0.05) is 30.9 Å². The predicted octanol–water partition coefficient (Wildman–Crippen LogP) is 2.09. The average molecular weight is 340 g/mol. The van der Waals surface area contributed by atoms with Crippen LogP contribution in [0.2, 0.25) is 0 Å². The molecular weight excluding hydrogens is 320 g/mol. The van der Waals surface area contributed by atoms with Gasteiger partial charge in [0.05, 0.1) is 6.04 Å². The van der Waals surface area contributed by atoms with E-state index in [-0.39, 0.29) is 17.9 Å². The summed E-state index contributed by atoms with van der Waals surface area (Å²) in [6.07, 6.45) is 5.49. The molecule has 4 heterocycles. The van der Waals surface area contributed by atoms with Crippen LogP contribution in [0.5, 0.6) is 0 Å². The molecule has 1 aliphatic heterocycles. The highest BCUT2D eigenvalue weighted by Gasteiger charge is 2.32. The topological polar surface area (TPSA) is 112 Å². The maximum atomic E-state index is 5.92. The summed E-state index contributed by atoms with van der Waals surface area (Å²) in [7, 11) is 0. The molecule has 0 aliphatic carbocycles. The molecule has 0 spiro atoms. The number of nitrogens with two attached hydrogens (primary N) is 1. The molecule has 25 heavy (non-hydrogen) atoms. The van der Waals surface area contributed by atoms with Crippen molar-refractivity contribution in [2.75, 3.05) is 17.2 Å². The van der Waals surface area contributed by atoms with E-state index >= 15 is 0 Å². The van der Waals surface area contributed by atoms with E-state index in [2.05, 4.69) is 30.1 Å². The molecule has 1 atom stereocenters. The van der Waals surface area contributed by atoms with Crippen molar-refractivity contribution in [3.8, 4) is 5.82 Å². The second kappa shape index (κ2) is 6.15. The maximum Gasteiger partial charge on any atom is 0.229 e. The van der Waals surface area contributed by atoms with Crippen molar-refractivity contribution in [3.05, 3.63) is 36.2 Å². The van der Waals surface area contributed by atoms with Crippen LogP contribution in [0.1, 0.15) is 50.4 Å². The van der Waals surface area contributed by atoms with Gasteiger partial charge in [0.1, 0.15) is 5.82 Å². The van der Waals surface area contributed by atoms with E-state index in [9.17, 15) is 0 Å². The Morgan fingerprint density at radius 3 is 2.80 bits per heavy atom. The molecule has 2 N–H and O–H groups in total. The van der Waals surface area contributed by atoms with Gasteiger partial charge in [-0.1, -0.05) is 19.0 Å². The summed E-state index contributed by atoms with van der Waals surface area (Å²) in [5.74, 6) is 3.15. The van der Waals surface area contributed by atoms with Crippen LogP contribution in [0.3, 0.4) is 0 Å². The van der Waals surface area contributed by atoms with Crippen molar-refractivity contribution in [2.45, 2.75) is 38.6 Å². The Bertz CT molecular complexity index is 857. The highest BCUT2D eigenvalue weighted by atomic mass is 16.5. The van der Waals surface area contributed by atoms with Crippen LogP contribution in [-0.2, 0) is 0 Å². The lowest BCUT2D eigenvalue weighted by atomic mass is 10.2. The molecule has 3 aromatic heterocycles. The highest BCUT2D eigenvalue weighted by molar-refractivity contribution is 5.49. The Hall–Kier alpha value is -2.97. The van der Waals surface area contributed by atoms with Gasteiger partial charge >= 0.3 is 0 Å². The zero-order chi connectivity index (χ0) is 17.4. The third kappa shape index (κ3) is 2.92. The molecule has 0 bridgehead atoms. The quantitative estimate of drug-likeness (QED) is 0.768. The fourth-order valence-corrected chi connectivity index (χ4v) is 3.04. The highest BCUT2D eigenvalue weighted by Crippen LogP contribution is 2.35. The molecule has 130 valence electrons. The molecule has 1 aliphatic rings. The fourth-order valence-electron chi connectivity index (χ4n) is 3.04. The smallest absolute Gasteiger partial charge is 0.229 e. The Kier molecular flexibility index (Phi) is 3.83. The Balaban J connectivity index is 1.68. The second-order valence-corrected chi connectivity index (χ2v) is 6.39. The zero-order valence-electron chi connectivity index (χ0n) is 14.2. The lowest BCUT2D eigenvalue weighted by Gasteiger charge is -2.23. The second-order valence-electron chi connectivity index (χ2n) is 6.39. The average Bonchev–Trinajstić information content (AvgIpc) is 3.33. The van der Waals surface area contributed by atoms with Crippen molar-refractivity contribution in [1.29, 1.82) is 0 Å². The van der Waals surface area contributed by atoms with E-state index in [0.717, 1.165) is 25.2 Å². The van der Waals surface area contributed by atoms with Crippen LogP contribution in [-0.4, -0.2) is 36.4 Å². The van der Waals surface area contributed by atoms with Crippen LogP contribution in [0, 0.1) is 0 Å². The molecule has 4 rings (SSSR count). The Morgan fingerprint density at radius 2 is 2.08 bits per heavy atom. The third-order valence-corrected chi connectivity index (χ3v) is 4.25. The first-order valence-electron chi connectivity index (χ1n) is 8.36. The van der Waals surface area contributed by atoms with Crippen molar-refractivity contribution < 1.29 is 4.52 Å². The fraction of sp³-hybridized carbons (Fsp3) is 0.438. The summed E-state index contributed by atoms with van der Waals surface area (Å²) >= 11 is 0. The van der Waals surface area contributed by atoms with Crippen LogP contribution in [0.25, 0.3) is 5.82 Å². The molecule has 0 saturated carbocycles. The van der Waals surface area contributed by atoms with Gasteiger partial charge in [0.15, 0.2) is 11.6 Å². The molecule has 9 nitrogen and oxygen atoms in total. The minimum Gasteiger partial charge on any atom is -0.368 e. The lowest BCUT2D eigenvalue weighted by Crippen LogP contribution is -2.25. The van der Waals surface area contributed by atoms with Crippen LogP contribution >= 0.6 is 0 Å². The Labute approximate surface area is 144 Å². The lowest BCUT2D eigenvalue weighted by molar-refractivity contribution is 0.358. The Morgan fingerprint density at radius 1 is 1.24 bits per heavy atom. The van der Waals surface area contributed by atoms with E-state index in [1.54, 1.807) is 10.9 Å². The summed E-state index contributed by atoms with van der Waals surface area (Å²) in [5, 5.41) is 8.38. The normalized spacial score (nSPS) is 17.6. The molecule has 1 fully saturated rings. The number of hydrogen-bond acceptors (Lipinski definition) is 8. The number of hydrogen-bond donors (Lipinski definition) is 1. The summed E-state index contributed by atoms with van der Waals surface area (Å²) in [6, 6.07) is 3.74. The molecular formula is C16H20N8O. The zero-order valence-corrected chi connectivity index (χ0v) is 14.2.